The van der Waals surface area contributed by atoms with Crippen LogP contribution in [-0.4, -0.2) is 21.7 Å². The molecule has 0 aromatic carbocycles. The maximum Gasteiger partial charge on any atom is 0.245 e. The summed E-state index contributed by atoms with van der Waals surface area (Å²) in [6.07, 6.45) is 6.54. The molecule has 2 unspecified atom stereocenters. The lowest BCUT2D eigenvalue weighted by Gasteiger charge is -2.26. The molecule has 18 heavy (non-hydrogen) atoms. The van der Waals surface area contributed by atoms with Gasteiger partial charge in [0.2, 0.25) is 5.28 Å². The van der Waals surface area contributed by atoms with Gasteiger partial charge >= 0.3 is 0 Å². The average Bonchev–Trinajstić information content (AvgIpc) is 2.34. The van der Waals surface area contributed by atoms with E-state index in [1.54, 1.807) is 0 Å². The standard InChI is InChI=1S/C12H18Cl2N4/c1-8-3-2-4-9(7-8)5-6-15-11-10(13)17-18-12(14)16-11/h8-9H,2-7H2,1H3,(H,15,16,18). The second kappa shape index (κ2) is 6.53. The lowest BCUT2D eigenvalue weighted by Crippen LogP contribution is -2.17. The van der Waals surface area contributed by atoms with Crippen LogP contribution in [0.15, 0.2) is 0 Å². The van der Waals surface area contributed by atoms with E-state index < -0.39 is 0 Å². The molecule has 0 radical (unpaired) electrons. The predicted octanol–water partition coefficient (Wildman–Crippen LogP) is 3.81. The summed E-state index contributed by atoms with van der Waals surface area (Å²) in [7, 11) is 0. The summed E-state index contributed by atoms with van der Waals surface area (Å²) >= 11 is 11.6. The number of nitrogens with one attached hydrogen (secondary N) is 1. The van der Waals surface area contributed by atoms with E-state index >= 15 is 0 Å². The van der Waals surface area contributed by atoms with E-state index in [2.05, 4.69) is 27.4 Å². The number of aromatic nitrogens is 3. The third-order valence-electron chi connectivity index (χ3n) is 3.51. The van der Waals surface area contributed by atoms with Gasteiger partial charge in [-0.3, -0.25) is 0 Å². The molecule has 1 heterocycles. The van der Waals surface area contributed by atoms with Crippen molar-refractivity contribution < 1.29 is 0 Å². The number of nitrogens with zero attached hydrogens (tertiary/aromatic N) is 3. The highest BCUT2D eigenvalue weighted by Crippen LogP contribution is 2.30. The highest BCUT2D eigenvalue weighted by molar-refractivity contribution is 6.32. The summed E-state index contributed by atoms with van der Waals surface area (Å²) in [6, 6.07) is 0. The van der Waals surface area contributed by atoms with E-state index in [0.29, 0.717) is 5.82 Å². The molecule has 1 fully saturated rings. The number of hydrogen-bond acceptors (Lipinski definition) is 4. The first-order chi connectivity index (χ1) is 8.65. The Kier molecular flexibility index (Phi) is 5.01. The van der Waals surface area contributed by atoms with Crippen molar-refractivity contribution >= 4 is 29.0 Å². The van der Waals surface area contributed by atoms with Crippen LogP contribution >= 0.6 is 23.2 Å². The van der Waals surface area contributed by atoms with E-state index in [1.165, 1.54) is 25.7 Å². The zero-order valence-electron chi connectivity index (χ0n) is 10.5. The summed E-state index contributed by atoms with van der Waals surface area (Å²) in [5.41, 5.74) is 0. The Morgan fingerprint density at radius 1 is 1.28 bits per heavy atom. The van der Waals surface area contributed by atoms with Crippen LogP contribution in [0.3, 0.4) is 0 Å². The zero-order valence-corrected chi connectivity index (χ0v) is 12.0. The van der Waals surface area contributed by atoms with Crippen LogP contribution in [0.5, 0.6) is 0 Å². The quantitative estimate of drug-likeness (QED) is 0.915. The van der Waals surface area contributed by atoms with Crippen LogP contribution in [0.4, 0.5) is 5.82 Å². The Labute approximate surface area is 117 Å². The summed E-state index contributed by atoms with van der Waals surface area (Å²) in [5, 5.41) is 10.9. The van der Waals surface area contributed by atoms with E-state index in [9.17, 15) is 0 Å². The predicted molar refractivity (Wildman–Crippen MR) is 74.1 cm³/mol. The molecular formula is C12H18Cl2N4. The molecule has 1 aliphatic carbocycles. The number of anilines is 1. The maximum absolute atomic E-state index is 5.88. The van der Waals surface area contributed by atoms with Gasteiger partial charge < -0.3 is 5.32 Å². The number of rotatable bonds is 4. The molecule has 1 N–H and O–H groups in total. The van der Waals surface area contributed by atoms with Crippen molar-refractivity contribution in [1.29, 1.82) is 0 Å². The monoisotopic (exact) mass is 288 g/mol. The molecule has 0 spiro atoms. The largest absolute Gasteiger partial charge is 0.367 e. The fourth-order valence-electron chi connectivity index (χ4n) is 2.62. The van der Waals surface area contributed by atoms with Crippen LogP contribution in [0, 0.1) is 11.8 Å². The molecular weight excluding hydrogens is 271 g/mol. The molecule has 1 aliphatic rings. The Balaban J connectivity index is 1.79. The molecule has 0 aliphatic heterocycles. The Bertz CT molecular complexity index is 400. The fourth-order valence-corrected chi connectivity index (χ4v) is 2.89. The van der Waals surface area contributed by atoms with E-state index in [4.69, 9.17) is 23.2 Å². The van der Waals surface area contributed by atoms with E-state index in [1.807, 2.05) is 0 Å². The second-order valence-electron chi connectivity index (χ2n) is 5.07. The summed E-state index contributed by atoms with van der Waals surface area (Å²) in [6.45, 7) is 3.19. The first-order valence-corrected chi connectivity index (χ1v) is 7.20. The molecule has 0 amide bonds. The van der Waals surface area contributed by atoms with Gasteiger partial charge in [-0.1, -0.05) is 37.8 Å². The highest BCUT2D eigenvalue weighted by atomic mass is 35.5. The van der Waals surface area contributed by atoms with Gasteiger partial charge in [-0.2, -0.15) is 4.98 Å². The lowest BCUT2D eigenvalue weighted by atomic mass is 9.81. The van der Waals surface area contributed by atoms with Gasteiger partial charge in [0.25, 0.3) is 0 Å². The fraction of sp³-hybridized carbons (Fsp3) is 0.750. The zero-order chi connectivity index (χ0) is 13.0. The Morgan fingerprint density at radius 2 is 2.11 bits per heavy atom. The van der Waals surface area contributed by atoms with Crippen LogP contribution in [0.1, 0.15) is 39.0 Å². The Hall–Kier alpha value is -0.610. The van der Waals surface area contributed by atoms with Crippen molar-refractivity contribution in [2.24, 2.45) is 11.8 Å². The van der Waals surface area contributed by atoms with Gasteiger partial charge in [0.1, 0.15) is 0 Å². The lowest BCUT2D eigenvalue weighted by molar-refractivity contribution is 0.274. The molecule has 0 bridgehead atoms. The minimum absolute atomic E-state index is 0.119. The van der Waals surface area contributed by atoms with Gasteiger partial charge in [0, 0.05) is 6.54 Å². The third kappa shape index (κ3) is 3.95. The minimum atomic E-state index is 0.119. The van der Waals surface area contributed by atoms with E-state index in [-0.39, 0.29) is 10.4 Å². The highest BCUT2D eigenvalue weighted by Gasteiger charge is 2.18. The molecule has 0 saturated heterocycles. The molecule has 1 aromatic heterocycles. The van der Waals surface area contributed by atoms with Gasteiger partial charge in [0.05, 0.1) is 0 Å². The maximum atomic E-state index is 5.88. The van der Waals surface area contributed by atoms with Crippen LogP contribution in [0.25, 0.3) is 0 Å². The van der Waals surface area contributed by atoms with Crippen molar-refractivity contribution in [1.82, 2.24) is 15.2 Å². The van der Waals surface area contributed by atoms with Crippen molar-refractivity contribution in [3.8, 4) is 0 Å². The van der Waals surface area contributed by atoms with E-state index in [0.717, 1.165) is 24.8 Å². The third-order valence-corrected chi connectivity index (χ3v) is 3.92. The van der Waals surface area contributed by atoms with Gasteiger partial charge in [-0.25, -0.2) is 0 Å². The van der Waals surface area contributed by atoms with Crippen LogP contribution in [0.2, 0.25) is 10.4 Å². The molecule has 100 valence electrons. The number of hydrogen-bond donors (Lipinski definition) is 1. The normalized spacial score (nSPS) is 23.9. The minimum Gasteiger partial charge on any atom is -0.367 e. The topological polar surface area (TPSA) is 50.7 Å². The first kappa shape index (κ1) is 13.8. The van der Waals surface area contributed by atoms with Gasteiger partial charge in [-0.05, 0) is 36.3 Å². The average molecular weight is 289 g/mol. The summed E-state index contributed by atoms with van der Waals surface area (Å²) in [4.78, 5) is 4.02. The van der Waals surface area contributed by atoms with Crippen molar-refractivity contribution in [2.75, 3.05) is 11.9 Å². The summed E-state index contributed by atoms with van der Waals surface area (Å²) < 4.78 is 0. The SMILES string of the molecule is CC1CCCC(CCNc2nc(Cl)nnc2Cl)C1. The molecule has 4 nitrogen and oxygen atoms in total. The molecule has 1 aromatic rings. The Morgan fingerprint density at radius 3 is 2.89 bits per heavy atom. The van der Waals surface area contributed by atoms with Crippen LogP contribution in [-0.2, 0) is 0 Å². The van der Waals surface area contributed by atoms with Crippen LogP contribution < -0.4 is 5.32 Å². The number of halogens is 2. The molecule has 1 saturated carbocycles. The van der Waals surface area contributed by atoms with Crippen molar-refractivity contribution in [3.05, 3.63) is 10.4 Å². The van der Waals surface area contributed by atoms with Crippen molar-refractivity contribution in [3.63, 3.8) is 0 Å². The second-order valence-corrected chi connectivity index (χ2v) is 5.77. The molecule has 6 heteroatoms. The summed E-state index contributed by atoms with van der Waals surface area (Å²) in [5.74, 6) is 2.20. The molecule has 2 rings (SSSR count). The molecule has 2 atom stereocenters. The first-order valence-electron chi connectivity index (χ1n) is 6.44. The van der Waals surface area contributed by atoms with Gasteiger partial charge in [0.15, 0.2) is 11.0 Å². The van der Waals surface area contributed by atoms with Gasteiger partial charge in [-0.15, -0.1) is 10.2 Å². The van der Waals surface area contributed by atoms with Crippen molar-refractivity contribution in [2.45, 2.75) is 39.0 Å². The smallest absolute Gasteiger partial charge is 0.245 e.